The van der Waals surface area contributed by atoms with Gasteiger partial charge in [0.15, 0.2) is 0 Å². The summed E-state index contributed by atoms with van der Waals surface area (Å²) in [5.41, 5.74) is 0. The van der Waals surface area contributed by atoms with Crippen molar-refractivity contribution in [2.24, 2.45) is 0 Å². The van der Waals surface area contributed by atoms with Crippen LogP contribution < -0.4 is 5.32 Å². The largest absolute Gasteiger partial charge is 0.465 e. The average molecular weight is 616 g/mol. The number of rotatable bonds is 14. The Bertz CT molecular complexity index is 779. The van der Waals surface area contributed by atoms with Gasteiger partial charge in [-0.15, -0.1) is 6.58 Å². The van der Waals surface area contributed by atoms with Crippen molar-refractivity contribution < 1.29 is 24.5 Å². The van der Waals surface area contributed by atoms with Gasteiger partial charge in [-0.05, 0) is 76.3 Å². The standard InChI is InChI=1S/C12H14O.C11H18O2.C6H6.C5H13N.C2H6O.C2H6.H2O/c1-4-7-8-9-11-13-12(6-3)10-5-2;1-2-3-4-9-11(12)13-10-7-5-6-8-10;1-2-4-6-5-3-1;1-3-5-6-4-2;1-3-2;1-2;/h4-11H,1-3H2;2,10H,1,3-9H2;1-6H;6H,3-5H2,1-2H3;1-2H3;1-2H3;1H2/b8-7-,11-9-,12-10+;;;;;;. The molecule has 0 atom stereocenters. The van der Waals surface area contributed by atoms with Crippen molar-refractivity contribution in [1.29, 1.82) is 0 Å². The van der Waals surface area contributed by atoms with Gasteiger partial charge in [-0.25, -0.2) is 0 Å². The molecule has 0 heterocycles. The Morgan fingerprint density at radius 2 is 1.43 bits per heavy atom. The van der Waals surface area contributed by atoms with E-state index in [1.165, 1.54) is 19.3 Å². The fourth-order valence-electron chi connectivity index (χ4n) is 2.96. The fourth-order valence-corrected chi connectivity index (χ4v) is 2.96. The first-order chi connectivity index (χ1) is 21.0. The number of esters is 1. The summed E-state index contributed by atoms with van der Waals surface area (Å²) < 4.78 is 14.7. The van der Waals surface area contributed by atoms with Crippen LogP contribution in [0.15, 0.2) is 123 Å². The van der Waals surface area contributed by atoms with Crippen LogP contribution in [0.3, 0.4) is 0 Å². The van der Waals surface area contributed by atoms with Gasteiger partial charge in [-0.1, -0.05) is 114 Å². The molecule has 0 spiro atoms. The molecule has 44 heavy (non-hydrogen) atoms. The molecule has 6 nitrogen and oxygen atoms in total. The van der Waals surface area contributed by atoms with Crippen molar-refractivity contribution in [3.05, 3.63) is 123 Å². The molecule has 0 unspecified atom stereocenters. The van der Waals surface area contributed by atoms with Gasteiger partial charge in [0.1, 0.15) is 11.9 Å². The Kier molecular flexibility index (Phi) is 56.2. The van der Waals surface area contributed by atoms with Crippen LogP contribution in [0.5, 0.6) is 0 Å². The summed E-state index contributed by atoms with van der Waals surface area (Å²) in [7, 11) is 3.25. The number of methoxy groups -OCH3 is 1. The summed E-state index contributed by atoms with van der Waals surface area (Å²) in [6.07, 6.45) is 23.8. The minimum atomic E-state index is -0.0336. The van der Waals surface area contributed by atoms with Gasteiger partial charge in [-0.2, -0.15) is 0 Å². The van der Waals surface area contributed by atoms with E-state index in [9.17, 15) is 4.79 Å². The first kappa shape index (κ1) is 50.2. The summed E-state index contributed by atoms with van der Waals surface area (Å²) in [5.74, 6) is 0.631. The van der Waals surface area contributed by atoms with E-state index in [-0.39, 0.29) is 17.5 Å². The Labute approximate surface area is 271 Å². The second-order valence-electron chi connectivity index (χ2n) is 8.57. The van der Waals surface area contributed by atoms with Gasteiger partial charge in [0.25, 0.3) is 0 Å². The highest BCUT2D eigenvalue weighted by atomic mass is 16.5. The maximum Gasteiger partial charge on any atom is 0.306 e. The van der Waals surface area contributed by atoms with Crippen molar-refractivity contribution in [1.82, 2.24) is 5.32 Å². The van der Waals surface area contributed by atoms with E-state index in [1.54, 1.807) is 50.9 Å². The van der Waals surface area contributed by atoms with E-state index in [0.29, 0.717) is 12.2 Å². The normalized spacial score (nSPS) is 11.5. The van der Waals surface area contributed by atoms with E-state index in [4.69, 9.17) is 9.47 Å². The number of ether oxygens (including phenoxy) is 3. The molecule has 0 radical (unpaired) electrons. The van der Waals surface area contributed by atoms with Crippen LogP contribution in [0, 0.1) is 0 Å². The highest BCUT2D eigenvalue weighted by Crippen LogP contribution is 2.21. The van der Waals surface area contributed by atoms with Crippen LogP contribution in [0.25, 0.3) is 0 Å². The second-order valence-corrected chi connectivity index (χ2v) is 8.57. The zero-order chi connectivity index (χ0) is 33.2. The molecule has 1 aromatic rings. The molecular weight excluding hydrogens is 550 g/mol. The number of hydrogen-bond donors (Lipinski definition) is 1. The van der Waals surface area contributed by atoms with Crippen molar-refractivity contribution in [2.45, 2.75) is 85.2 Å². The topological polar surface area (TPSA) is 88.3 Å². The van der Waals surface area contributed by atoms with E-state index in [2.05, 4.69) is 50.2 Å². The van der Waals surface area contributed by atoms with Crippen LogP contribution in [0.1, 0.15) is 79.1 Å². The van der Waals surface area contributed by atoms with Crippen molar-refractivity contribution in [2.75, 3.05) is 27.3 Å². The van der Waals surface area contributed by atoms with Crippen molar-refractivity contribution in [3.63, 3.8) is 0 Å². The molecule has 0 amide bonds. The summed E-state index contributed by atoms with van der Waals surface area (Å²) >= 11 is 0. The quantitative estimate of drug-likeness (QED) is 0.0740. The monoisotopic (exact) mass is 615 g/mol. The molecule has 3 N–H and O–H groups in total. The van der Waals surface area contributed by atoms with Gasteiger partial charge >= 0.3 is 5.97 Å². The van der Waals surface area contributed by atoms with Crippen LogP contribution >= 0.6 is 0 Å². The smallest absolute Gasteiger partial charge is 0.306 e. The highest BCUT2D eigenvalue weighted by molar-refractivity contribution is 5.69. The van der Waals surface area contributed by atoms with E-state index in [0.717, 1.165) is 38.8 Å². The summed E-state index contributed by atoms with van der Waals surface area (Å²) in [6, 6.07) is 12.0. The molecule has 0 saturated heterocycles. The molecule has 1 aliphatic rings. The number of benzene rings is 1. The fraction of sp³-hybridized carbons (Fsp3) is 0.447. The van der Waals surface area contributed by atoms with Crippen LogP contribution in [-0.2, 0) is 19.0 Å². The maximum absolute atomic E-state index is 11.2. The van der Waals surface area contributed by atoms with Crippen LogP contribution in [-0.4, -0.2) is 44.9 Å². The van der Waals surface area contributed by atoms with Crippen LogP contribution in [0.2, 0.25) is 0 Å². The van der Waals surface area contributed by atoms with Crippen LogP contribution in [0.4, 0.5) is 0 Å². The zero-order valence-corrected chi connectivity index (χ0v) is 28.8. The van der Waals surface area contributed by atoms with Crippen molar-refractivity contribution in [3.8, 4) is 0 Å². The van der Waals surface area contributed by atoms with E-state index in [1.807, 2.05) is 68.5 Å². The number of carbonyl (C=O) groups excluding carboxylic acids is 1. The molecule has 0 aliphatic heterocycles. The number of nitrogens with one attached hydrogen (secondary N) is 1. The Morgan fingerprint density at radius 3 is 1.82 bits per heavy atom. The van der Waals surface area contributed by atoms with Gasteiger partial charge < -0.3 is 25.0 Å². The number of carbonyl (C=O) groups is 1. The lowest BCUT2D eigenvalue weighted by Gasteiger charge is -2.10. The minimum Gasteiger partial charge on any atom is -0.465 e. The number of unbranched alkanes of at least 4 members (excludes halogenated alkanes) is 1. The third-order valence-corrected chi connectivity index (χ3v) is 4.86. The molecular formula is C38H65NO5. The third kappa shape index (κ3) is 48.3. The molecule has 252 valence electrons. The Morgan fingerprint density at radius 1 is 0.886 bits per heavy atom. The lowest BCUT2D eigenvalue weighted by Crippen LogP contribution is -2.14. The van der Waals surface area contributed by atoms with Crippen molar-refractivity contribution >= 4 is 5.97 Å². The molecule has 0 aromatic heterocycles. The second kappa shape index (κ2) is 49.2. The third-order valence-electron chi connectivity index (χ3n) is 4.86. The number of allylic oxidation sites excluding steroid dienone is 8. The number of hydrogen-bond acceptors (Lipinski definition) is 5. The minimum absolute atomic E-state index is 0. The molecule has 2 rings (SSSR count). The Balaban J connectivity index is -0.000000152. The highest BCUT2D eigenvalue weighted by Gasteiger charge is 2.18. The van der Waals surface area contributed by atoms with Gasteiger partial charge in [-0.3, -0.25) is 4.79 Å². The lowest BCUT2D eigenvalue weighted by atomic mass is 10.2. The average Bonchev–Trinajstić information content (AvgIpc) is 3.55. The lowest BCUT2D eigenvalue weighted by molar-refractivity contribution is -0.148. The first-order valence-corrected chi connectivity index (χ1v) is 15.5. The predicted octanol–water partition coefficient (Wildman–Crippen LogP) is 9.50. The summed E-state index contributed by atoms with van der Waals surface area (Å²) in [4.78, 5) is 11.2. The molecule has 0 bridgehead atoms. The molecule has 1 aliphatic carbocycles. The summed E-state index contributed by atoms with van der Waals surface area (Å²) in [6.45, 7) is 24.8. The molecule has 1 saturated carbocycles. The SMILES string of the molecule is C=C/C=C\C=C/O/C(C=C)=C/C=C.C=CCCCC(=O)OC1CCCC1.CC.CCCNCC.COC.O.c1ccccc1. The van der Waals surface area contributed by atoms with E-state index >= 15 is 0 Å². The zero-order valence-electron chi connectivity index (χ0n) is 28.8. The molecule has 1 fully saturated rings. The van der Waals surface area contributed by atoms with Gasteiger partial charge in [0.2, 0.25) is 0 Å². The molecule has 1 aromatic carbocycles. The molecule has 6 heteroatoms. The first-order valence-electron chi connectivity index (χ1n) is 15.5. The predicted molar refractivity (Wildman–Crippen MR) is 194 cm³/mol. The van der Waals surface area contributed by atoms with E-state index < -0.39 is 0 Å². The Hall–Kier alpha value is -3.45. The van der Waals surface area contributed by atoms with Gasteiger partial charge in [0, 0.05) is 20.6 Å². The maximum atomic E-state index is 11.2. The van der Waals surface area contributed by atoms with Gasteiger partial charge in [0.05, 0.1) is 6.26 Å². The summed E-state index contributed by atoms with van der Waals surface area (Å²) in [5, 5.41) is 3.20.